The Morgan fingerprint density at radius 1 is 1.75 bits per heavy atom. The first-order valence-corrected chi connectivity index (χ1v) is 3.94. The highest BCUT2D eigenvalue weighted by Gasteiger charge is 1.97. The van der Waals surface area contributed by atoms with E-state index in [4.69, 9.17) is 0 Å². The first-order chi connectivity index (χ1) is 5.86. The first kappa shape index (κ1) is 8.77. The van der Waals surface area contributed by atoms with Crippen LogP contribution in [0.15, 0.2) is 6.20 Å². The predicted octanol–water partition coefficient (Wildman–Crippen LogP) is 0.688. The molecule has 0 unspecified atom stereocenters. The monoisotopic (exact) mass is 168 g/mol. The van der Waals surface area contributed by atoms with Gasteiger partial charge in [0.2, 0.25) is 0 Å². The Kier molecular flexibility index (Phi) is 3.32. The van der Waals surface area contributed by atoms with Crippen molar-refractivity contribution in [2.75, 3.05) is 6.61 Å². The van der Waals surface area contributed by atoms with Gasteiger partial charge in [-0.05, 0) is 6.42 Å². The van der Waals surface area contributed by atoms with Gasteiger partial charge in [-0.3, -0.25) is 4.79 Å². The van der Waals surface area contributed by atoms with E-state index >= 15 is 0 Å². The Morgan fingerprint density at radius 2 is 2.58 bits per heavy atom. The van der Waals surface area contributed by atoms with Gasteiger partial charge in [0.1, 0.15) is 5.82 Å². The van der Waals surface area contributed by atoms with E-state index in [1.54, 1.807) is 6.20 Å². The molecule has 0 aliphatic rings. The van der Waals surface area contributed by atoms with Crippen LogP contribution in [0.25, 0.3) is 0 Å². The van der Waals surface area contributed by atoms with Gasteiger partial charge in [-0.15, -0.1) is 0 Å². The third kappa shape index (κ3) is 2.38. The van der Waals surface area contributed by atoms with Crippen molar-refractivity contribution in [3.8, 4) is 0 Å². The molecule has 0 bridgehead atoms. The van der Waals surface area contributed by atoms with Gasteiger partial charge in [-0.1, -0.05) is 6.92 Å². The maximum Gasteiger partial charge on any atom is 0.293 e. The highest BCUT2D eigenvalue weighted by molar-refractivity contribution is 5.36. The van der Waals surface area contributed by atoms with Gasteiger partial charge in [-0.2, -0.15) is 0 Å². The number of rotatable bonds is 5. The molecule has 0 saturated carbocycles. The van der Waals surface area contributed by atoms with Crippen molar-refractivity contribution in [2.24, 2.45) is 0 Å². The summed E-state index contributed by atoms with van der Waals surface area (Å²) >= 11 is 0. The van der Waals surface area contributed by atoms with Gasteiger partial charge in [0.25, 0.3) is 6.47 Å². The van der Waals surface area contributed by atoms with Crippen molar-refractivity contribution >= 4 is 6.47 Å². The number of hydrogen-bond acceptors (Lipinski definition) is 3. The molecule has 0 saturated heterocycles. The minimum absolute atomic E-state index is 0.389. The lowest BCUT2D eigenvalue weighted by Crippen LogP contribution is -1.98. The number of nitrogens with zero attached hydrogens (tertiary/aromatic N) is 1. The van der Waals surface area contributed by atoms with Crippen LogP contribution in [0.3, 0.4) is 0 Å². The number of aromatic nitrogens is 2. The Hall–Kier alpha value is -1.32. The molecule has 0 aliphatic heterocycles. The molecule has 1 rings (SSSR count). The van der Waals surface area contributed by atoms with Crippen molar-refractivity contribution in [1.29, 1.82) is 0 Å². The van der Waals surface area contributed by atoms with Crippen LogP contribution in [0.2, 0.25) is 0 Å². The molecule has 0 aliphatic carbocycles. The molecule has 0 amide bonds. The maximum absolute atomic E-state index is 9.80. The Balaban J connectivity index is 2.36. The van der Waals surface area contributed by atoms with Crippen LogP contribution in [0.5, 0.6) is 0 Å². The summed E-state index contributed by atoms with van der Waals surface area (Å²) in [6, 6.07) is 0. The molecule has 1 aromatic rings. The van der Waals surface area contributed by atoms with E-state index in [-0.39, 0.29) is 0 Å². The van der Waals surface area contributed by atoms with Crippen molar-refractivity contribution in [3.63, 3.8) is 0 Å². The molecule has 0 spiro atoms. The second-order valence-electron chi connectivity index (χ2n) is 2.43. The summed E-state index contributed by atoms with van der Waals surface area (Å²) in [5.74, 6) is 0.869. The summed E-state index contributed by atoms with van der Waals surface area (Å²) in [4.78, 5) is 17.0. The largest absolute Gasteiger partial charge is 0.467 e. The fourth-order valence-electron chi connectivity index (χ4n) is 0.916. The zero-order chi connectivity index (χ0) is 8.81. The van der Waals surface area contributed by atoms with Gasteiger partial charge < -0.3 is 9.72 Å². The van der Waals surface area contributed by atoms with Gasteiger partial charge in [-0.25, -0.2) is 4.98 Å². The maximum atomic E-state index is 9.80. The third-order valence-electron chi connectivity index (χ3n) is 1.59. The molecule has 0 aromatic carbocycles. The number of aryl methyl sites for hydroxylation is 1. The summed E-state index contributed by atoms with van der Waals surface area (Å²) in [7, 11) is 0. The lowest BCUT2D eigenvalue weighted by atomic mass is 10.4. The van der Waals surface area contributed by atoms with Crippen LogP contribution in [0, 0.1) is 0 Å². The zero-order valence-electron chi connectivity index (χ0n) is 7.04. The van der Waals surface area contributed by atoms with E-state index < -0.39 is 0 Å². The number of imidazole rings is 1. The highest BCUT2D eigenvalue weighted by Crippen LogP contribution is 1.98. The number of ether oxygens (including phenoxy) is 1. The number of carbonyl (C=O) groups excluding carboxylic acids is 1. The van der Waals surface area contributed by atoms with Crippen molar-refractivity contribution in [1.82, 2.24) is 9.97 Å². The minimum atomic E-state index is 0.389. The van der Waals surface area contributed by atoms with Gasteiger partial charge in [0.05, 0.1) is 6.61 Å². The molecule has 0 fully saturated rings. The Bertz CT molecular complexity index is 245. The van der Waals surface area contributed by atoms with E-state index in [0.717, 1.165) is 17.9 Å². The average molecular weight is 168 g/mol. The van der Waals surface area contributed by atoms with Gasteiger partial charge in [0.15, 0.2) is 0 Å². The summed E-state index contributed by atoms with van der Waals surface area (Å²) in [5, 5.41) is 0. The lowest BCUT2D eigenvalue weighted by Gasteiger charge is -1.94. The Morgan fingerprint density at radius 3 is 3.17 bits per heavy atom. The summed E-state index contributed by atoms with van der Waals surface area (Å²) < 4.78 is 4.54. The van der Waals surface area contributed by atoms with Crippen molar-refractivity contribution < 1.29 is 9.53 Å². The SMILES string of the molecule is CCc1cnc(CCOC=O)[nH]1. The number of aromatic amines is 1. The highest BCUT2D eigenvalue weighted by atomic mass is 16.5. The van der Waals surface area contributed by atoms with Crippen LogP contribution >= 0.6 is 0 Å². The van der Waals surface area contributed by atoms with Crippen molar-refractivity contribution in [3.05, 3.63) is 17.7 Å². The molecule has 0 radical (unpaired) electrons. The number of H-pyrrole nitrogens is 1. The summed E-state index contributed by atoms with van der Waals surface area (Å²) in [5.41, 5.74) is 1.11. The van der Waals surface area contributed by atoms with Crippen molar-refractivity contribution in [2.45, 2.75) is 19.8 Å². The minimum Gasteiger partial charge on any atom is -0.467 e. The normalized spacial score (nSPS) is 9.75. The fraction of sp³-hybridized carbons (Fsp3) is 0.500. The molecule has 4 heteroatoms. The molecule has 66 valence electrons. The molecule has 0 atom stereocenters. The molecule has 4 nitrogen and oxygen atoms in total. The van der Waals surface area contributed by atoms with Crippen LogP contribution < -0.4 is 0 Å². The number of hydrogen-bond donors (Lipinski definition) is 1. The van der Waals surface area contributed by atoms with E-state index in [0.29, 0.717) is 19.5 Å². The zero-order valence-corrected chi connectivity index (χ0v) is 7.04. The van der Waals surface area contributed by atoms with Gasteiger partial charge >= 0.3 is 0 Å². The first-order valence-electron chi connectivity index (χ1n) is 3.94. The van der Waals surface area contributed by atoms with Gasteiger partial charge in [0, 0.05) is 18.3 Å². The number of carbonyl (C=O) groups is 1. The van der Waals surface area contributed by atoms with Crippen LogP contribution in [-0.4, -0.2) is 23.0 Å². The quantitative estimate of drug-likeness (QED) is 0.519. The van der Waals surface area contributed by atoms with Crippen LogP contribution in [-0.2, 0) is 22.4 Å². The van der Waals surface area contributed by atoms with E-state index in [9.17, 15) is 4.79 Å². The smallest absolute Gasteiger partial charge is 0.293 e. The lowest BCUT2D eigenvalue weighted by molar-refractivity contribution is -0.128. The molecule has 12 heavy (non-hydrogen) atoms. The average Bonchev–Trinajstić information content (AvgIpc) is 2.53. The standard InChI is InChI=1S/C8H12N2O2/c1-2-7-5-9-8(10-7)3-4-12-6-11/h5-6H,2-4H2,1H3,(H,9,10). The van der Waals surface area contributed by atoms with E-state index in [1.807, 2.05) is 0 Å². The second-order valence-corrected chi connectivity index (χ2v) is 2.43. The second kappa shape index (κ2) is 4.54. The number of nitrogens with one attached hydrogen (secondary N) is 1. The van der Waals surface area contributed by atoms with Crippen LogP contribution in [0.1, 0.15) is 18.4 Å². The molecule has 1 aromatic heterocycles. The molecular weight excluding hydrogens is 156 g/mol. The molecule has 1 heterocycles. The molecule has 1 N–H and O–H groups in total. The summed E-state index contributed by atoms with van der Waals surface area (Å²) in [6.07, 6.45) is 3.40. The molecular formula is C8H12N2O2. The fourth-order valence-corrected chi connectivity index (χ4v) is 0.916. The Labute approximate surface area is 71.0 Å². The van der Waals surface area contributed by atoms with E-state index in [2.05, 4.69) is 21.6 Å². The van der Waals surface area contributed by atoms with Crippen LogP contribution in [0.4, 0.5) is 0 Å². The predicted molar refractivity (Wildman–Crippen MR) is 43.7 cm³/mol. The third-order valence-corrected chi connectivity index (χ3v) is 1.59. The summed E-state index contributed by atoms with van der Waals surface area (Å²) in [6.45, 7) is 2.89. The van der Waals surface area contributed by atoms with E-state index in [1.165, 1.54) is 0 Å². The topological polar surface area (TPSA) is 55.0 Å².